The molecule has 8 heteroatoms. The third-order valence-electron chi connectivity index (χ3n) is 1.92. The number of hydrogen-bond acceptors (Lipinski definition) is 2. The minimum Gasteiger partial charge on any atom is -0.425 e. The van der Waals surface area contributed by atoms with Gasteiger partial charge in [0.1, 0.15) is 5.75 Å². The van der Waals surface area contributed by atoms with Crippen LogP contribution in [0.4, 0.5) is 22.0 Å². The standard InChI is InChI=1S/C10H8F5NO2/c11-9(12,13)10(14,15)18-8-4-2-1-3-7(8)5-16-6-17/h1-4,6H,5H2,(H,16,17). The van der Waals surface area contributed by atoms with E-state index < -0.39 is 18.0 Å². The van der Waals surface area contributed by atoms with E-state index in [0.717, 1.165) is 6.07 Å². The Morgan fingerprint density at radius 2 is 1.78 bits per heavy atom. The summed E-state index contributed by atoms with van der Waals surface area (Å²) in [4.78, 5) is 10.1. The van der Waals surface area contributed by atoms with Crippen LogP contribution in [0.15, 0.2) is 24.3 Å². The second-order valence-corrected chi connectivity index (χ2v) is 3.22. The van der Waals surface area contributed by atoms with Gasteiger partial charge in [0.2, 0.25) is 6.41 Å². The molecule has 0 aliphatic heterocycles. The lowest BCUT2D eigenvalue weighted by molar-refractivity contribution is -0.360. The van der Waals surface area contributed by atoms with Gasteiger partial charge < -0.3 is 10.1 Å². The molecule has 0 bridgehead atoms. The predicted molar refractivity (Wildman–Crippen MR) is 51.0 cm³/mol. The minimum atomic E-state index is -5.81. The largest absolute Gasteiger partial charge is 0.499 e. The van der Waals surface area contributed by atoms with E-state index in [0.29, 0.717) is 6.41 Å². The van der Waals surface area contributed by atoms with E-state index >= 15 is 0 Å². The predicted octanol–water partition coefficient (Wildman–Crippen LogP) is 2.47. The van der Waals surface area contributed by atoms with Crippen molar-refractivity contribution in [2.75, 3.05) is 0 Å². The van der Waals surface area contributed by atoms with Gasteiger partial charge in [-0.25, -0.2) is 0 Å². The number of amides is 1. The molecule has 1 amide bonds. The Balaban J connectivity index is 2.93. The Morgan fingerprint density at radius 3 is 2.33 bits per heavy atom. The molecule has 1 aromatic rings. The molecule has 1 aromatic carbocycles. The summed E-state index contributed by atoms with van der Waals surface area (Å²) < 4.78 is 64.9. The third kappa shape index (κ3) is 3.31. The number of para-hydroxylation sites is 1. The van der Waals surface area contributed by atoms with Crippen molar-refractivity contribution >= 4 is 6.41 Å². The second-order valence-electron chi connectivity index (χ2n) is 3.22. The Bertz CT molecular complexity index is 419. The van der Waals surface area contributed by atoms with Crippen LogP contribution in [-0.2, 0) is 11.3 Å². The van der Waals surface area contributed by atoms with Gasteiger partial charge in [-0.2, -0.15) is 22.0 Å². The number of nitrogens with one attached hydrogen (secondary N) is 1. The van der Waals surface area contributed by atoms with Gasteiger partial charge in [0.05, 0.1) is 0 Å². The lowest BCUT2D eigenvalue weighted by atomic mass is 10.2. The fourth-order valence-electron chi connectivity index (χ4n) is 1.10. The van der Waals surface area contributed by atoms with Crippen molar-refractivity contribution < 1.29 is 31.5 Å². The minimum absolute atomic E-state index is 0.00789. The Labute approximate surface area is 98.5 Å². The van der Waals surface area contributed by atoms with E-state index in [-0.39, 0.29) is 12.1 Å². The van der Waals surface area contributed by atoms with Crippen LogP contribution in [0, 0.1) is 0 Å². The quantitative estimate of drug-likeness (QED) is 0.658. The highest BCUT2D eigenvalue weighted by Gasteiger charge is 2.61. The second kappa shape index (κ2) is 5.19. The van der Waals surface area contributed by atoms with Crippen LogP contribution in [0.3, 0.4) is 0 Å². The number of ether oxygens (including phenoxy) is 1. The Kier molecular flexibility index (Phi) is 4.10. The van der Waals surface area contributed by atoms with Crippen LogP contribution >= 0.6 is 0 Å². The maximum Gasteiger partial charge on any atom is 0.499 e. The topological polar surface area (TPSA) is 38.3 Å². The van der Waals surface area contributed by atoms with Crippen molar-refractivity contribution in [1.82, 2.24) is 5.32 Å². The van der Waals surface area contributed by atoms with Gasteiger partial charge in [-0.1, -0.05) is 18.2 Å². The smallest absolute Gasteiger partial charge is 0.425 e. The van der Waals surface area contributed by atoms with Crippen molar-refractivity contribution in [3.63, 3.8) is 0 Å². The monoisotopic (exact) mass is 269 g/mol. The highest BCUT2D eigenvalue weighted by Crippen LogP contribution is 2.38. The van der Waals surface area contributed by atoms with E-state index in [4.69, 9.17) is 0 Å². The van der Waals surface area contributed by atoms with E-state index in [1.54, 1.807) is 0 Å². The molecule has 1 N–H and O–H groups in total. The Hall–Kier alpha value is -1.86. The first kappa shape index (κ1) is 14.2. The van der Waals surface area contributed by atoms with Gasteiger partial charge in [0.25, 0.3) is 0 Å². The fourth-order valence-corrected chi connectivity index (χ4v) is 1.10. The normalized spacial score (nSPS) is 12.1. The third-order valence-corrected chi connectivity index (χ3v) is 1.92. The molecule has 100 valence electrons. The van der Waals surface area contributed by atoms with E-state index in [1.807, 2.05) is 0 Å². The molecule has 0 aliphatic rings. The number of benzene rings is 1. The molecule has 1 rings (SSSR count). The Morgan fingerprint density at radius 1 is 1.17 bits per heavy atom. The summed E-state index contributed by atoms with van der Waals surface area (Å²) in [5, 5.41) is 2.14. The molecule has 0 saturated heterocycles. The summed E-state index contributed by atoms with van der Waals surface area (Å²) >= 11 is 0. The molecule has 18 heavy (non-hydrogen) atoms. The molecule has 0 saturated carbocycles. The highest BCUT2D eigenvalue weighted by atomic mass is 19.4. The average molecular weight is 269 g/mol. The zero-order chi connectivity index (χ0) is 13.8. The summed E-state index contributed by atoms with van der Waals surface area (Å²) in [6.07, 6.45) is -10.8. The molecular formula is C10H8F5NO2. The van der Waals surface area contributed by atoms with Crippen molar-refractivity contribution in [3.05, 3.63) is 29.8 Å². The lowest BCUT2D eigenvalue weighted by Gasteiger charge is -2.21. The van der Waals surface area contributed by atoms with Crippen LogP contribution in [-0.4, -0.2) is 18.7 Å². The van der Waals surface area contributed by atoms with Gasteiger partial charge in [0.15, 0.2) is 0 Å². The molecule has 0 aliphatic carbocycles. The van der Waals surface area contributed by atoms with Crippen LogP contribution in [0.25, 0.3) is 0 Å². The van der Waals surface area contributed by atoms with E-state index in [1.165, 1.54) is 18.2 Å². The van der Waals surface area contributed by atoms with E-state index in [2.05, 4.69) is 10.1 Å². The number of alkyl halides is 5. The molecular weight excluding hydrogens is 261 g/mol. The summed E-state index contributed by atoms with van der Waals surface area (Å²) in [5.41, 5.74) is 0.00789. The zero-order valence-electron chi connectivity index (χ0n) is 8.80. The fraction of sp³-hybridized carbons (Fsp3) is 0.300. The first-order valence-corrected chi connectivity index (χ1v) is 4.66. The van der Waals surface area contributed by atoms with Gasteiger partial charge in [-0.05, 0) is 6.07 Å². The summed E-state index contributed by atoms with van der Waals surface area (Å²) in [6.45, 7) is -0.215. The maximum atomic E-state index is 12.7. The van der Waals surface area contributed by atoms with Gasteiger partial charge in [0, 0.05) is 12.1 Å². The molecule has 0 atom stereocenters. The number of hydrogen-bond donors (Lipinski definition) is 1. The van der Waals surface area contributed by atoms with Crippen molar-refractivity contribution in [1.29, 1.82) is 0 Å². The number of carbonyl (C=O) groups excluding carboxylic acids is 1. The van der Waals surface area contributed by atoms with Gasteiger partial charge >= 0.3 is 12.3 Å². The first-order valence-electron chi connectivity index (χ1n) is 4.66. The molecule has 0 spiro atoms. The van der Waals surface area contributed by atoms with Gasteiger partial charge in [-0.3, -0.25) is 4.79 Å². The number of carbonyl (C=O) groups is 1. The molecule has 3 nitrogen and oxygen atoms in total. The zero-order valence-corrected chi connectivity index (χ0v) is 8.80. The molecule has 0 aromatic heterocycles. The highest BCUT2D eigenvalue weighted by molar-refractivity contribution is 5.47. The van der Waals surface area contributed by atoms with E-state index in [9.17, 15) is 26.7 Å². The van der Waals surface area contributed by atoms with Gasteiger partial charge in [-0.15, -0.1) is 0 Å². The summed E-state index contributed by atoms with van der Waals surface area (Å²) in [6, 6.07) is 4.88. The molecule has 0 heterocycles. The molecule has 0 radical (unpaired) electrons. The SMILES string of the molecule is O=CNCc1ccccc1OC(F)(F)C(F)(F)F. The van der Waals surface area contributed by atoms with Crippen LogP contribution in [0.1, 0.15) is 5.56 Å². The number of rotatable bonds is 5. The lowest BCUT2D eigenvalue weighted by Crippen LogP contribution is -2.42. The van der Waals surface area contributed by atoms with Crippen molar-refractivity contribution in [3.8, 4) is 5.75 Å². The molecule has 0 unspecified atom stereocenters. The average Bonchev–Trinajstić information content (AvgIpc) is 2.26. The summed E-state index contributed by atoms with van der Waals surface area (Å²) in [7, 11) is 0. The van der Waals surface area contributed by atoms with Crippen molar-refractivity contribution in [2.45, 2.75) is 18.8 Å². The number of halogens is 5. The maximum absolute atomic E-state index is 12.7. The van der Waals surface area contributed by atoms with Crippen molar-refractivity contribution in [2.24, 2.45) is 0 Å². The summed E-state index contributed by atoms with van der Waals surface area (Å²) in [5.74, 6) is -0.644. The molecule has 0 fully saturated rings. The van der Waals surface area contributed by atoms with Crippen LogP contribution in [0.2, 0.25) is 0 Å². The van der Waals surface area contributed by atoms with Crippen LogP contribution < -0.4 is 10.1 Å². The van der Waals surface area contributed by atoms with Crippen LogP contribution in [0.5, 0.6) is 5.75 Å². The first-order chi connectivity index (χ1) is 8.28.